The summed E-state index contributed by atoms with van der Waals surface area (Å²) in [5.74, 6) is 0. The van der Waals surface area contributed by atoms with Gasteiger partial charge in [-0.1, -0.05) is 13.0 Å². The van der Waals surface area contributed by atoms with Crippen molar-refractivity contribution in [3.8, 4) is 0 Å². The standard InChI is InChI=1S/C13H20N2O/c1-2-15(12-7-5-8-13(12)16)10-11-6-3-4-9-14-11/h3-4,6,9,12-13,16H,2,5,7-8,10H2,1H3/t12-,13-/m1/s1. The highest BCUT2D eigenvalue weighted by Crippen LogP contribution is 2.24. The Labute approximate surface area is 97.1 Å². The van der Waals surface area contributed by atoms with Crippen LogP contribution in [-0.4, -0.2) is 33.7 Å². The minimum atomic E-state index is -0.149. The minimum Gasteiger partial charge on any atom is -0.391 e. The summed E-state index contributed by atoms with van der Waals surface area (Å²) in [5.41, 5.74) is 1.09. The zero-order valence-electron chi connectivity index (χ0n) is 9.84. The first-order valence-electron chi connectivity index (χ1n) is 6.13. The number of aromatic nitrogens is 1. The van der Waals surface area contributed by atoms with Crippen molar-refractivity contribution in [2.75, 3.05) is 6.54 Å². The fourth-order valence-corrected chi connectivity index (χ4v) is 2.51. The second-order valence-corrected chi connectivity index (χ2v) is 4.45. The lowest BCUT2D eigenvalue weighted by atomic mass is 10.1. The molecule has 0 aliphatic heterocycles. The molecule has 1 aromatic rings. The fourth-order valence-electron chi connectivity index (χ4n) is 2.51. The van der Waals surface area contributed by atoms with Crippen LogP contribution < -0.4 is 0 Å². The molecule has 0 bridgehead atoms. The van der Waals surface area contributed by atoms with Gasteiger partial charge in [0.2, 0.25) is 0 Å². The Morgan fingerprint density at radius 1 is 1.44 bits per heavy atom. The van der Waals surface area contributed by atoms with Crippen LogP contribution in [0.1, 0.15) is 31.9 Å². The lowest BCUT2D eigenvalue weighted by molar-refractivity contribution is 0.0686. The van der Waals surface area contributed by atoms with E-state index in [1.54, 1.807) is 0 Å². The summed E-state index contributed by atoms with van der Waals surface area (Å²) in [6.07, 6.45) is 4.88. The number of hydrogen-bond donors (Lipinski definition) is 1. The van der Waals surface area contributed by atoms with Gasteiger partial charge in [-0.05, 0) is 37.9 Å². The molecule has 1 N–H and O–H groups in total. The summed E-state index contributed by atoms with van der Waals surface area (Å²) in [7, 11) is 0. The summed E-state index contributed by atoms with van der Waals surface area (Å²) in [6.45, 7) is 3.96. The van der Waals surface area contributed by atoms with Crippen molar-refractivity contribution in [1.29, 1.82) is 0 Å². The van der Waals surface area contributed by atoms with Crippen molar-refractivity contribution in [1.82, 2.24) is 9.88 Å². The molecule has 0 unspecified atom stereocenters. The maximum atomic E-state index is 9.91. The van der Waals surface area contributed by atoms with Crippen LogP contribution in [0.2, 0.25) is 0 Å². The first-order valence-corrected chi connectivity index (χ1v) is 6.13. The van der Waals surface area contributed by atoms with E-state index in [1.165, 1.54) is 0 Å². The molecule has 0 aromatic carbocycles. The van der Waals surface area contributed by atoms with Crippen LogP contribution in [0.25, 0.3) is 0 Å². The molecule has 0 amide bonds. The molecule has 3 nitrogen and oxygen atoms in total. The number of aliphatic hydroxyl groups is 1. The number of aliphatic hydroxyl groups excluding tert-OH is 1. The molecule has 1 aliphatic rings. The number of likely N-dealkylation sites (N-methyl/N-ethyl adjacent to an activating group) is 1. The molecule has 88 valence electrons. The Morgan fingerprint density at radius 2 is 2.31 bits per heavy atom. The first-order chi connectivity index (χ1) is 7.81. The van der Waals surface area contributed by atoms with Gasteiger partial charge in [-0.3, -0.25) is 9.88 Å². The van der Waals surface area contributed by atoms with Crippen molar-refractivity contribution in [2.24, 2.45) is 0 Å². The van der Waals surface area contributed by atoms with E-state index in [4.69, 9.17) is 0 Å². The highest BCUT2D eigenvalue weighted by molar-refractivity contribution is 5.04. The van der Waals surface area contributed by atoms with Gasteiger partial charge < -0.3 is 5.11 Å². The number of pyridine rings is 1. The molecule has 3 heteroatoms. The van der Waals surface area contributed by atoms with Gasteiger partial charge in [-0.2, -0.15) is 0 Å². The Hall–Kier alpha value is -0.930. The van der Waals surface area contributed by atoms with Gasteiger partial charge in [0, 0.05) is 18.8 Å². The lowest BCUT2D eigenvalue weighted by Gasteiger charge is -2.29. The number of nitrogens with zero attached hydrogens (tertiary/aromatic N) is 2. The van der Waals surface area contributed by atoms with Gasteiger partial charge in [-0.25, -0.2) is 0 Å². The van der Waals surface area contributed by atoms with E-state index in [0.717, 1.165) is 38.0 Å². The van der Waals surface area contributed by atoms with Crippen LogP contribution in [-0.2, 0) is 6.54 Å². The highest BCUT2D eigenvalue weighted by Gasteiger charge is 2.29. The SMILES string of the molecule is CCN(Cc1ccccn1)[C@@H]1CCC[C@H]1O. The van der Waals surface area contributed by atoms with E-state index in [2.05, 4.69) is 16.8 Å². The van der Waals surface area contributed by atoms with Crippen molar-refractivity contribution < 1.29 is 5.11 Å². The van der Waals surface area contributed by atoms with Crippen molar-refractivity contribution in [3.63, 3.8) is 0 Å². The summed E-state index contributed by atoms with van der Waals surface area (Å²) in [4.78, 5) is 6.67. The summed E-state index contributed by atoms with van der Waals surface area (Å²) in [5, 5.41) is 9.91. The second kappa shape index (κ2) is 5.41. The minimum absolute atomic E-state index is 0.149. The van der Waals surface area contributed by atoms with E-state index in [-0.39, 0.29) is 6.10 Å². The molecular formula is C13H20N2O. The monoisotopic (exact) mass is 220 g/mol. The Balaban J connectivity index is 2.00. The molecule has 1 saturated carbocycles. The van der Waals surface area contributed by atoms with Crippen molar-refractivity contribution >= 4 is 0 Å². The van der Waals surface area contributed by atoms with Gasteiger partial charge >= 0.3 is 0 Å². The summed E-state index contributed by atoms with van der Waals surface area (Å²) in [6, 6.07) is 6.32. The average molecular weight is 220 g/mol. The predicted octanol–water partition coefficient (Wildman–Crippen LogP) is 1.82. The third-order valence-electron chi connectivity index (χ3n) is 3.41. The van der Waals surface area contributed by atoms with Gasteiger partial charge in [0.1, 0.15) is 0 Å². The molecule has 0 spiro atoms. The number of hydrogen-bond acceptors (Lipinski definition) is 3. The third kappa shape index (κ3) is 2.60. The second-order valence-electron chi connectivity index (χ2n) is 4.45. The van der Waals surface area contributed by atoms with Crippen LogP contribution in [0.5, 0.6) is 0 Å². The molecular weight excluding hydrogens is 200 g/mol. The van der Waals surface area contributed by atoms with Crippen LogP contribution in [0, 0.1) is 0 Å². The van der Waals surface area contributed by atoms with Gasteiger partial charge in [-0.15, -0.1) is 0 Å². The third-order valence-corrected chi connectivity index (χ3v) is 3.41. The lowest BCUT2D eigenvalue weighted by Crippen LogP contribution is -2.39. The van der Waals surface area contributed by atoms with Gasteiger partial charge in [0.05, 0.1) is 11.8 Å². The first kappa shape index (κ1) is 11.6. The van der Waals surface area contributed by atoms with E-state index in [0.29, 0.717) is 6.04 Å². The van der Waals surface area contributed by atoms with E-state index in [9.17, 15) is 5.11 Å². The van der Waals surface area contributed by atoms with E-state index >= 15 is 0 Å². The largest absolute Gasteiger partial charge is 0.391 e. The molecule has 1 heterocycles. The summed E-state index contributed by atoms with van der Waals surface area (Å²) < 4.78 is 0. The zero-order chi connectivity index (χ0) is 11.4. The zero-order valence-corrected chi connectivity index (χ0v) is 9.84. The molecule has 16 heavy (non-hydrogen) atoms. The molecule has 2 atom stereocenters. The Kier molecular flexibility index (Phi) is 3.91. The fraction of sp³-hybridized carbons (Fsp3) is 0.615. The number of rotatable bonds is 4. The molecule has 0 radical (unpaired) electrons. The van der Waals surface area contributed by atoms with Gasteiger partial charge in [0.25, 0.3) is 0 Å². The van der Waals surface area contributed by atoms with Crippen LogP contribution >= 0.6 is 0 Å². The van der Waals surface area contributed by atoms with Crippen molar-refractivity contribution in [2.45, 2.75) is 44.9 Å². The topological polar surface area (TPSA) is 36.4 Å². The molecule has 1 fully saturated rings. The maximum Gasteiger partial charge on any atom is 0.0695 e. The molecule has 1 aromatic heterocycles. The van der Waals surface area contributed by atoms with Crippen molar-refractivity contribution in [3.05, 3.63) is 30.1 Å². The van der Waals surface area contributed by atoms with Crippen LogP contribution in [0.15, 0.2) is 24.4 Å². The van der Waals surface area contributed by atoms with E-state index < -0.39 is 0 Å². The normalized spacial score (nSPS) is 25.2. The Bertz CT molecular complexity index is 315. The predicted molar refractivity (Wildman–Crippen MR) is 64.0 cm³/mol. The van der Waals surface area contributed by atoms with Crippen LogP contribution in [0.3, 0.4) is 0 Å². The van der Waals surface area contributed by atoms with Gasteiger partial charge in [0.15, 0.2) is 0 Å². The van der Waals surface area contributed by atoms with Crippen LogP contribution in [0.4, 0.5) is 0 Å². The Morgan fingerprint density at radius 3 is 2.88 bits per heavy atom. The average Bonchev–Trinajstić information content (AvgIpc) is 2.74. The molecule has 1 aliphatic carbocycles. The quantitative estimate of drug-likeness (QED) is 0.840. The summed E-state index contributed by atoms with van der Waals surface area (Å²) >= 11 is 0. The maximum absolute atomic E-state index is 9.91. The molecule has 0 saturated heterocycles. The smallest absolute Gasteiger partial charge is 0.0695 e. The van der Waals surface area contributed by atoms with E-state index in [1.807, 2.05) is 24.4 Å². The highest BCUT2D eigenvalue weighted by atomic mass is 16.3. The molecule has 2 rings (SSSR count).